The summed E-state index contributed by atoms with van der Waals surface area (Å²) in [4.78, 5) is 22.5. The molecule has 8 heteroatoms. The third-order valence-corrected chi connectivity index (χ3v) is 4.16. The fourth-order valence-electron chi connectivity index (χ4n) is 2.67. The van der Waals surface area contributed by atoms with E-state index in [2.05, 4.69) is 15.8 Å². The number of anilines is 1. The van der Waals surface area contributed by atoms with Crippen molar-refractivity contribution in [3.05, 3.63) is 76.3 Å². The fourth-order valence-corrected chi connectivity index (χ4v) is 2.67. The Morgan fingerprint density at radius 2 is 1.93 bits per heavy atom. The highest BCUT2D eigenvalue weighted by Gasteiger charge is 2.13. The van der Waals surface area contributed by atoms with Crippen molar-refractivity contribution >= 4 is 34.3 Å². The molecule has 0 bridgehead atoms. The lowest BCUT2D eigenvalue weighted by Crippen LogP contribution is -2.34. The summed E-state index contributed by atoms with van der Waals surface area (Å²) in [7, 11) is 0. The van der Waals surface area contributed by atoms with Crippen LogP contribution in [0.1, 0.15) is 12.5 Å². The Balaban J connectivity index is 1.67. The van der Waals surface area contributed by atoms with Gasteiger partial charge in [-0.25, -0.2) is 5.43 Å². The lowest BCUT2D eigenvalue weighted by Gasteiger charge is -2.15. The Morgan fingerprint density at radius 1 is 1.18 bits per heavy atom. The molecule has 0 saturated carbocycles. The van der Waals surface area contributed by atoms with E-state index in [0.29, 0.717) is 0 Å². The van der Waals surface area contributed by atoms with Gasteiger partial charge in [0.2, 0.25) is 0 Å². The third-order valence-electron chi connectivity index (χ3n) is 4.16. The molecule has 0 radical (unpaired) electrons. The van der Waals surface area contributed by atoms with Gasteiger partial charge in [0.1, 0.15) is 11.8 Å². The summed E-state index contributed by atoms with van der Waals surface area (Å²) in [6.07, 6.45) is 1.16. The molecule has 3 N–H and O–H groups in total. The maximum atomic E-state index is 12.3. The molecule has 0 aliphatic carbocycles. The maximum absolute atomic E-state index is 12.3. The van der Waals surface area contributed by atoms with E-state index in [-0.39, 0.29) is 17.0 Å². The number of non-ortho nitro benzene ring substituents is 1. The topological polar surface area (TPSA) is 117 Å². The lowest BCUT2D eigenvalue weighted by molar-refractivity contribution is -0.384. The minimum atomic E-state index is -0.582. The highest BCUT2D eigenvalue weighted by molar-refractivity contribution is 5.96. The molecule has 3 aromatic carbocycles. The van der Waals surface area contributed by atoms with Gasteiger partial charge in [0.25, 0.3) is 11.6 Å². The number of phenols is 1. The Hall–Kier alpha value is -3.94. The number of benzene rings is 3. The van der Waals surface area contributed by atoms with Crippen LogP contribution in [0.5, 0.6) is 5.75 Å². The second-order valence-electron chi connectivity index (χ2n) is 6.13. The van der Waals surface area contributed by atoms with Gasteiger partial charge >= 0.3 is 0 Å². The lowest BCUT2D eigenvalue weighted by atomic mass is 10.1. The van der Waals surface area contributed by atoms with Gasteiger partial charge in [-0.05, 0) is 24.4 Å². The Bertz CT molecular complexity index is 1060. The van der Waals surface area contributed by atoms with Crippen LogP contribution in [0, 0.1) is 10.1 Å². The first-order chi connectivity index (χ1) is 13.5. The molecule has 1 unspecified atom stereocenters. The van der Waals surface area contributed by atoms with Gasteiger partial charge < -0.3 is 10.4 Å². The van der Waals surface area contributed by atoms with Crippen LogP contribution >= 0.6 is 0 Å². The summed E-state index contributed by atoms with van der Waals surface area (Å²) in [5.41, 5.74) is 3.13. The standard InChI is InChI=1S/C20H18N4O4/c1-13(22-18-8-4-6-14-5-2-3-7-17(14)18)20(26)23-21-12-15-11-16(24(27)28)9-10-19(15)25/h2-13,22,25H,1H3,(H,23,26)/b21-12+. The van der Waals surface area contributed by atoms with Crippen molar-refractivity contribution in [2.45, 2.75) is 13.0 Å². The average Bonchev–Trinajstić information content (AvgIpc) is 2.69. The number of hydrazone groups is 1. The van der Waals surface area contributed by atoms with Gasteiger partial charge in [0, 0.05) is 28.8 Å². The Morgan fingerprint density at radius 3 is 2.71 bits per heavy atom. The van der Waals surface area contributed by atoms with Crippen LogP contribution in [0.15, 0.2) is 65.8 Å². The van der Waals surface area contributed by atoms with Crippen molar-refractivity contribution in [2.24, 2.45) is 5.10 Å². The highest BCUT2D eigenvalue weighted by atomic mass is 16.6. The van der Waals surface area contributed by atoms with Crippen LogP contribution < -0.4 is 10.7 Å². The number of hydrogen-bond acceptors (Lipinski definition) is 6. The zero-order valence-electron chi connectivity index (χ0n) is 15.0. The average molecular weight is 378 g/mol. The Kier molecular flexibility index (Phi) is 5.50. The van der Waals surface area contributed by atoms with E-state index in [1.54, 1.807) is 6.92 Å². The fraction of sp³-hybridized carbons (Fsp3) is 0.100. The molecular formula is C20H18N4O4. The van der Waals surface area contributed by atoms with E-state index in [0.717, 1.165) is 22.7 Å². The van der Waals surface area contributed by atoms with Crippen molar-refractivity contribution < 1.29 is 14.8 Å². The minimum Gasteiger partial charge on any atom is -0.507 e. The molecule has 1 amide bonds. The van der Waals surface area contributed by atoms with Gasteiger partial charge in [0.05, 0.1) is 11.1 Å². The monoisotopic (exact) mass is 378 g/mol. The molecule has 28 heavy (non-hydrogen) atoms. The van der Waals surface area contributed by atoms with Crippen LogP contribution in [0.2, 0.25) is 0 Å². The summed E-state index contributed by atoms with van der Waals surface area (Å²) in [5.74, 6) is -0.570. The number of nitrogens with zero attached hydrogens (tertiary/aromatic N) is 2. The number of nitro groups is 1. The number of fused-ring (bicyclic) bond motifs is 1. The van der Waals surface area contributed by atoms with Gasteiger partial charge in [-0.2, -0.15) is 5.10 Å². The molecule has 0 spiro atoms. The second-order valence-corrected chi connectivity index (χ2v) is 6.13. The van der Waals surface area contributed by atoms with Gasteiger partial charge in [-0.15, -0.1) is 0 Å². The third kappa shape index (κ3) is 4.24. The number of nitro benzene ring substituents is 1. The molecule has 0 aliphatic rings. The van der Waals surface area contributed by atoms with E-state index >= 15 is 0 Å². The number of carbonyl (C=O) groups excluding carboxylic acids is 1. The molecular weight excluding hydrogens is 360 g/mol. The minimum absolute atomic E-state index is 0.129. The number of phenolic OH excluding ortho intramolecular Hbond substituents is 1. The summed E-state index contributed by atoms with van der Waals surface area (Å²) in [5, 5.41) is 29.5. The molecule has 0 fully saturated rings. The Labute approximate surface area is 160 Å². The first-order valence-electron chi connectivity index (χ1n) is 8.50. The van der Waals surface area contributed by atoms with Crippen LogP contribution in [0.4, 0.5) is 11.4 Å². The van der Waals surface area contributed by atoms with Crippen molar-refractivity contribution in [2.75, 3.05) is 5.32 Å². The summed E-state index contributed by atoms with van der Waals surface area (Å²) in [6.45, 7) is 1.69. The predicted octanol–water partition coefficient (Wildman–Crippen LogP) is 3.40. The van der Waals surface area contributed by atoms with Crippen LogP contribution in [-0.2, 0) is 4.79 Å². The van der Waals surface area contributed by atoms with E-state index in [4.69, 9.17) is 0 Å². The number of carbonyl (C=O) groups is 1. The molecule has 0 heterocycles. The van der Waals surface area contributed by atoms with Crippen LogP contribution in [0.25, 0.3) is 10.8 Å². The van der Waals surface area contributed by atoms with Gasteiger partial charge in [-0.1, -0.05) is 36.4 Å². The van der Waals surface area contributed by atoms with E-state index in [1.807, 2.05) is 42.5 Å². The summed E-state index contributed by atoms with van der Waals surface area (Å²) < 4.78 is 0. The SMILES string of the molecule is CC(Nc1cccc2ccccc12)C(=O)N/N=C/c1cc([N+](=O)[O-])ccc1O. The first-order valence-corrected chi connectivity index (χ1v) is 8.50. The quantitative estimate of drug-likeness (QED) is 0.345. The van der Waals surface area contributed by atoms with Crippen LogP contribution in [-0.4, -0.2) is 28.2 Å². The highest BCUT2D eigenvalue weighted by Crippen LogP contribution is 2.23. The molecule has 0 aliphatic heterocycles. The molecule has 1 atom stereocenters. The molecule has 8 nitrogen and oxygen atoms in total. The number of aromatic hydroxyl groups is 1. The number of rotatable bonds is 6. The summed E-state index contributed by atoms with van der Waals surface area (Å²) in [6, 6.07) is 16.6. The van der Waals surface area contributed by atoms with E-state index in [9.17, 15) is 20.0 Å². The maximum Gasteiger partial charge on any atom is 0.270 e. The normalized spacial score (nSPS) is 12.0. The zero-order chi connectivity index (χ0) is 20.1. The van der Waals surface area contributed by atoms with Crippen molar-refractivity contribution in [1.29, 1.82) is 0 Å². The largest absolute Gasteiger partial charge is 0.507 e. The molecule has 142 valence electrons. The molecule has 0 aromatic heterocycles. The predicted molar refractivity (Wildman–Crippen MR) is 108 cm³/mol. The van der Waals surface area contributed by atoms with E-state index < -0.39 is 16.9 Å². The second kappa shape index (κ2) is 8.17. The number of amides is 1. The van der Waals surface area contributed by atoms with Gasteiger partial charge in [0.15, 0.2) is 0 Å². The smallest absolute Gasteiger partial charge is 0.270 e. The number of nitrogens with one attached hydrogen (secondary N) is 2. The van der Waals surface area contributed by atoms with Crippen molar-refractivity contribution in [3.8, 4) is 5.75 Å². The van der Waals surface area contributed by atoms with E-state index in [1.165, 1.54) is 18.2 Å². The zero-order valence-corrected chi connectivity index (χ0v) is 15.0. The van der Waals surface area contributed by atoms with Gasteiger partial charge in [-0.3, -0.25) is 14.9 Å². The molecule has 3 rings (SSSR count). The number of hydrogen-bond donors (Lipinski definition) is 3. The first kappa shape index (κ1) is 18.8. The molecule has 3 aromatic rings. The molecule has 0 saturated heterocycles. The summed E-state index contributed by atoms with van der Waals surface area (Å²) >= 11 is 0. The van der Waals surface area contributed by atoms with Crippen LogP contribution in [0.3, 0.4) is 0 Å². The van der Waals surface area contributed by atoms with Crippen molar-refractivity contribution in [1.82, 2.24) is 5.43 Å². The van der Waals surface area contributed by atoms with Crippen molar-refractivity contribution in [3.63, 3.8) is 0 Å².